The van der Waals surface area contributed by atoms with Crippen LogP contribution in [-0.4, -0.2) is 11.4 Å². The van der Waals surface area contributed by atoms with Crippen LogP contribution in [0.25, 0.3) is 10.8 Å². The zero-order valence-electron chi connectivity index (χ0n) is 11.4. The largest absolute Gasteiger partial charge is 0.334 e. The monoisotopic (exact) mass is 330 g/mol. The number of amides is 1. The number of fused-ring (bicyclic) bond motifs is 1. The van der Waals surface area contributed by atoms with Crippen LogP contribution in [0.15, 0.2) is 40.9 Å². The molecule has 0 aromatic heterocycles. The van der Waals surface area contributed by atoms with Crippen molar-refractivity contribution in [3.8, 4) is 6.07 Å². The molecule has 4 heteroatoms. The molecule has 3 nitrogen and oxygen atoms in total. The van der Waals surface area contributed by atoms with Gasteiger partial charge in [0.05, 0.1) is 6.07 Å². The van der Waals surface area contributed by atoms with Crippen LogP contribution in [0, 0.1) is 11.3 Å². The highest BCUT2D eigenvalue weighted by Gasteiger charge is 2.24. The molecule has 0 bridgehead atoms. The van der Waals surface area contributed by atoms with Gasteiger partial charge in [0.1, 0.15) is 5.54 Å². The molecule has 0 aliphatic rings. The van der Waals surface area contributed by atoms with Crippen LogP contribution >= 0.6 is 15.9 Å². The summed E-state index contributed by atoms with van der Waals surface area (Å²) in [5, 5.41) is 13.9. The molecule has 0 spiro atoms. The van der Waals surface area contributed by atoms with E-state index in [-0.39, 0.29) is 5.91 Å². The second kappa shape index (κ2) is 5.64. The van der Waals surface area contributed by atoms with Gasteiger partial charge >= 0.3 is 0 Å². The van der Waals surface area contributed by atoms with Crippen molar-refractivity contribution in [2.24, 2.45) is 0 Å². The summed E-state index contributed by atoms with van der Waals surface area (Å²) in [6.07, 6.45) is 0.565. The van der Waals surface area contributed by atoms with Gasteiger partial charge in [-0.15, -0.1) is 0 Å². The zero-order chi connectivity index (χ0) is 14.8. The Hall–Kier alpha value is -1.86. The Bertz CT molecular complexity index is 705. The molecule has 1 atom stereocenters. The summed E-state index contributed by atoms with van der Waals surface area (Å²) in [5.74, 6) is -0.222. The standard InChI is InChI=1S/C16H15BrN2O/c1-3-16(2,10-18)19-15(20)13-5-4-12-9-14(17)7-6-11(12)8-13/h4-9H,3H2,1-2H3,(H,19,20). The van der Waals surface area contributed by atoms with Crippen LogP contribution in [0.2, 0.25) is 0 Å². The van der Waals surface area contributed by atoms with Crippen LogP contribution in [0.1, 0.15) is 30.6 Å². The number of rotatable bonds is 3. The first-order valence-corrected chi connectivity index (χ1v) is 7.20. The van der Waals surface area contributed by atoms with Gasteiger partial charge in [0, 0.05) is 10.0 Å². The van der Waals surface area contributed by atoms with Crippen molar-refractivity contribution in [2.45, 2.75) is 25.8 Å². The van der Waals surface area contributed by atoms with Gasteiger partial charge in [0.25, 0.3) is 5.91 Å². The first-order valence-electron chi connectivity index (χ1n) is 6.40. The minimum Gasteiger partial charge on any atom is -0.334 e. The summed E-state index contributed by atoms with van der Waals surface area (Å²) in [5.41, 5.74) is -0.263. The van der Waals surface area contributed by atoms with Gasteiger partial charge in [0.2, 0.25) is 0 Å². The van der Waals surface area contributed by atoms with E-state index in [9.17, 15) is 4.79 Å². The van der Waals surface area contributed by atoms with E-state index >= 15 is 0 Å². The Balaban J connectivity index is 2.32. The molecular formula is C16H15BrN2O. The quantitative estimate of drug-likeness (QED) is 0.923. The van der Waals surface area contributed by atoms with Crippen LogP contribution in [0.3, 0.4) is 0 Å². The van der Waals surface area contributed by atoms with Gasteiger partial charge < -0.3 is 5.32 Å². The lowest BCUT2D eigenvalue weighted by Crippen LogP contribution is -2.44. The number of carbonyl (C=O) groups is 1. The summed E-state index contributed by atoms with van der Waals surface area (Å²) in [7, 11) is 0. The highest BCUT2D eigenvalue weighted by molar-refractivity contribution is 9.10. The predicted octanol–water partition coefficient (Wildman–Crippen LogP) is 4.02. The maximum Gasteiger partial charge on any atom is 0.252 e. The first-order chi connectivity index (χ1) is 9.47. The fraction of sp³-hybridized carbons (Fsp3) is 0.250. The molecule has 0 saturated carbocycles. The normalized spacial score (nSPS) is 13.5. The maximum atomic E-state index is 12.2. The summed E-state index contributed by atoms with van der Waals surface area (Å²) in [6, 6.07) is 13.6. The second-order valence-electron chi connectivity index (χ2n) is 4.96. The SMILES string of the molecule is CCC(C)(C#N)NC(=O)c1ccc2cc(Br)ccc2c1. The Labute approximate surface area is 126 Å². The van der Waals surface area contributed by atoms with E-state index in [0.29, 0.717) is 12.0 Å². The molecule has 0 fully saturated rings. The molecule has 102 valence electrons. The number of nitrogens with one attached hydrogen (secondary N) is 1. The maximum absolute atomic E-state index is 12.2. The van der Waals surface area contributed by atoms with E-state index in [2.05, 4.69) is 27.3 Å². The van der Waals surface area contributed by atoms with Crippen molar-refractivity contribution < 1.29 is 4.79 Å². The molecule has 20 heavy (non-hydrogen) atoms. The zero-order valence-corrected chi connectivity index (χ0v) is 13.0. The topological polar surface area (TPSA) is 52.9 Å². The molecule has 0 aliphatic carbocycles. The molecule has 1 unspecified atom stereocenters. The van der Waals surface area contributed by atoms with Crippen molar-refractivity contribution in [1.82, 2.24) is 5.32 Å². The van der Waals surface area contributed by atoms with Gasteiger partial charge in [-0.25, -0.2) is 0 Å². The third-order valence-corrected chi connectivity index (χ3v) is 3.90. The predicted molar refractivity (Wildman–Crippen MR) is 83.4 cm³/mol. The van der Waals surface area contributed by atoms with Gasteiger partial charge in [-0.1, -0.05) is 35.0 Å². The van der Waals surface area contributed by atoms with Gasteiger partial charge in [-0.3, -0.25) is 4.79 Å². The Kier molecular flexibility index (Phi) is 4.10. The highest BCUT2D eigenvalue weighted by atomic mass is 79.9. The van der Waals surface area contributed by atoms with E-state index in [0.717, 1.165) is 15.2 Å². The number of nitrogens with zero attached hydrogens (tertiary/aromatic N) is 1. The lowest BCUT2D eigenvalue weighted by Gasteiger charge is -2.21. The third kappa shape index (κ3) is 3.00. The lowest BCUT2D eigenvalue weighted by atomic mass is 10.00. The molecule has 0 heterocycles. The molecular weight excluding hydrogens is 316 g/mol. The molecule has 0 radical (unpaired) electrons. The molecule has 2 aromatic carbocycles. The van der Waals surface area contributed by atoms with Crippen molar-refractivity contribution >= 4 is 32.6 Å². The Morgan fingerprint density at radius 1 is 1.30 bits per heavy atom. The Morgan fingerprint density at radius 3 is 2.60 bits per heavy atom. The summed E-state index contributed by atoms with van der Waals surface area (Å²) in [4.78, 5) is 12.2. The average molecular weight is 331 g/mol. The van der Waals surface area contributed by atoms with Crippen LogP contribution < -0.4 is 5.32 Å². The van der Waals surface area contributed by atoms with E-state index in [4.69, 9.17) is 5.26 Å². The van der Waals surface area contributed by atoms with Gasteiger partial charge in [0.15, 0.2) is 0 Å². The van der Waals surface area contributed by atoms with Gasteiger partial charge in [-0.05, 0) is 48.4 Å². The average Bonchev–Trinajstić information content (AvgIpc) is 2.46. The number of halogens is 1. The number of hydrogen-bond donors (Lipinski definition) is 1. The summed E-state index contributed by atoms with van der Waals surface area (Å²) < 4.78 is 1.00. The van der Waals surface area contributed by atoms with Crippen molar-refractivity contribution in [3.05, 3.63) is 46.4 Å². The minimum atomic E-state index is -0.828. The number of nitriles is 1. The lowest BCUT2D eigenvalue weighted by molar-refractivity contribution is 0.0923. The first kappa shape index (κ1) is 14.5. The van der Waals surface area contributed by atoms with E-state index in [1.54, 1.807) is 13.0 Å². The molecule has 0 aliphatic heterocycles. The molecule has 1 amide bonds. The number of hydrogen-bond acceptors (Lipinski definition) is 2. The fourth-order valence-electron chi connectivity index (χ4n) is 1.88. The van der Waals surface area contributed by atoms with Crippen LogP contribution in [-0.2, 0) is 0 Å². The molecule has 2 aromatic rings. The highest BCUT2D eigenvalue weighted by Crippen LogP contribution is 2.21. The summed E-state index contributed by atoms with van der Waals surface area (Å²) >= 11 is 3.42. The van der Waals surface area contributed by atoms with E-state index in [1.807, 2.05) is 37.3 Å². The van der Waals surface area contributed by atoms with E-state index in [1.165, 1.54) is 0 Å². The van der Waals surface area contributed by atoms with Crippen LogP contribution in [0.5, 0.6) is 0 Å². The molecule has 1 N–H and O–H groups in total. The number of benzene rings is 2. The smallest absolute Gasteiger partial charge is 0.252 e. The second-order valence-corrected chi connectivity index (χ2v) is 5.87. The van der Waals surface area contributed by atoms with Crippen LogP contribution in [0.4, 0.5) is 0 Å². The summed E-state index contributed by atoms with van der Waals surface area (Å²) in [6.45, 7) is 3.60. The molecule has 2 rings (SSSR count). The van der Waals surface area contributed by atoms with E-state index < -0.39 is 5.54 Å². The van der Waals surface area contributed by atoms with Crippen molar-refractivity contribution in [3.63, 3.8) is 0 Å². The minimum absolute atomic E-state index is 0.222. The van der Waals surface area contributed by atoms with Gasteiger partial charge in [-0.2, -0.15) is 5.26 Å². The molecule has 0 saturated heterocycles. The third-order valence-electron chi connectivity index (χ3n) is 3.41. The van der Waals surface area contributed by atoms with Crippen molar-refractivity contribution in [2.75, 3.05) is 0 Å². The fourth-order valence-corrected chi connectivity index (χ4v) is 2.25. The Morgan fingerprint density at radius 2 is 1.95 bits per heavy atom. The number of carbonyl (C=O) groups excluding carboxylic acids is 1. The van der Waals surface area contributed by atoms with Crippen molar-refractivity contribution in [1.29, 1.82) is 5.26 Å².